The summed E-state index contributed by atoms with van der Waals surface area (Å²) < 4.78 is 0. The van der Waals surface area contributed by atoms with Crippen LogP contribution in [0.15, 0.2) is 12.2 Å². The highest BCUT2D eigenvalue weighted by atomic mass is 16.7. The van der Waals surface area contributed by atoms with Gasteiger partial charge in [0.25, 0.3) is 0 Å². The summed E-state index contributed by atoms with van der Waals surface area (Å²) in [5.41, 5.74) is 0.312. The van der Waals surface area contributed by atoms with Gasteiger partial charge in [-0.3, -0.25) is 4.84 Å². The lowest BCUT2D eigenvalue weighted by atomic mass is 9.82. The second-order valence-electron chi connectivity index (χ2n) is 5.64. The molecule has 0 radical (unpaired) electrons. The molecule has 0 aromatic carbocycles. The van der Waals surface area contributed by atoms with E-state index in [1.807, 2.05) is 13.0 Å². The molecule has 0 aromatic heterocycles. The monoisotopic (exact) mass is 211 g/mol. The van der Waals surface area contributed by atoms with Crippen LogP contribution in [0, 0.1) is 0 Å². The van der Waals surface area contributed by atoms with E-state index in [0.717, 1.165) is 0 Å². The molecule has 1 heterocycles. The second-order valence-corrected chi connectivity index (χ2v) is 5.64. The van der Waals surface area contributed by atoms with E-state index in [2.05, 4.69) is 38.8 Å². The van der Waals surface area contributed by atoms with Gasteiger partial charge >= 0.3 is 0 Å². The van der Waals surface area contributed by atoms with Crippen molar-refractivity contribution >= 4 is 0 Å². The maximum absolute atomic E-state index is 5.90. The molecule has 1 fully saturated rings. The van der Waals surface area contributed by atoms with Crippen molar-refractivity contribution in [1.82, 2.24) is 5.06 Å². The van der Waals surface area contributed by atoms with Gasteiger partial charge in [0, 0.05) is 11.1 Å². The molecule has 1 aliphatic heterocycles. The Hall–Kier alpha value is -0.340. The summed E-state index contributed by atoms with van der Waals surface area (Å²) in [7, 11) is 0. The van der Waals surface area contributed by atoms with E-state index in [1.165, 1.54) is 19.3 Å². The van der Waals surface area contributed by atoms with Crippen LogP contribution >= 0.6 is 0 Å². The molecule has 0 amide bonds. The zero-order valence-electron chi connectivity index (χ0n) is 10.8. The lowest BCUT2D eigenvalue weighted by Crippen LogP contribution is -2.58. The molecule has 0 unspecified atom stereocenters. The molecular weight excluding hydrogens is 186 g/mol. The summed E-state index contributed by atoms with van der Waals surface area (Å²) in [6.07, 6.45) is 7.81. The fourth-order valence-corrected chi connectivity index (χ4v) is 2.54. The molecule has 0 spiro atoms. The van der Waals surface area contributed by atoms with Crippen LogP contribution in [0.3, 0.4) is 0 Å². The average Bonchev–Trinajstić information content (AvgIpc) is 2.09. The summed E-state index contributed by atoms with van der Waals surface area (Å²) in [5.74, 6) is 0. The van der Waals surface area contributed by atoms with Gasteiger partial charge in [-0.1, -0.05) is 12.2 Å². The average molecular weight is 211 g/mol. The first-order chi connectivity index (χ1) is 6.90. The highest BCUT2D eigenvalue weighted by Gasteiger charge is 2.42. The van der Waals surface area contributed by atoms with Crippen LogP contribution in [0.2, 0.25) is 0 Å². The first kappa shape index (κ1) is 12.7. The third kappa shape index (κ3) is 3.05. The molecule has 2 nitrogen and oxygen atoms in total. The highest BCUT2D eigenvalue weighted by molar-refractivity contribution is 4.93. The Balaban J connectivity index is 2.68. The highest BCUT2D eigenvalue weighted by Crippen LogP contribution is 2.38. The normalized spacial score (nSPS) is 25.9. The molecule has 1 saturated heterocycles. The van der Waals surface area contributed by atoms with Crippen LogP contribution in [0.4, 0.5) is 0 Å². The SMILES string of the molecule is C/C=C/CON1C(C)(C)CCCC1(C)C. The lowest BCUT2D eigenvalue weighted by molar-refractivity contribution is -0.274. The summed E-state index contributed by atoms with van der Waals surface area (Å²) in [5, 5.41) is 2.20. The van der Waals surface area contributed by atoms with E-state index in [4.69, 9.17) is 4.84 Å². The molecule has 15 heavy (non-hydrogen) atoms. The quantitative estimate of drug-likeness (QED) is 0.662. The van der Waals surface area contributed by atoms with Crippen molar-refractivity contribution in [3.63, 3.8) is 0 Å². The molecule has 0 atom stereocenters. The number of piperidine rings is 1. The Morgan fingerprint density at radius 2 is 1.67 bits per heavy atom. The van der Waals surface area contributed by atoms with Gasteiger partial charge in [0.15, 0.2) is 0 Å². The minimum Gasteiger partial charge on any atom is -0.294 e. The maximum atomic E-state index is 5.90. The predicted octanol–water partition coefficient (Wildman–Crippen LogP) is 3.54. The number of nitrogens with zero attached hydrogens (tertiary/aromatic N) is 1. The minimum absolute atomic E-state index is 0.156. The number of hydrogen-bond donors (Lipinski definition) is 0. The summed E-state index contributed by atoms with van der Waals surface area (Å²) in [4.78, 5) is 5.90. The Labute approximate surface area is 94.3 Å². The zero-order chi connectivity index (χ0) is 11.5. The molecule has 0 aliphatic carbocycles. The van der Waals surface area contributed by atoms with Crippen LogP contribution in [-0.2, 0) is 4.84 Å². The van der Waals surface area contributed by atoms with E-state index >= 15 is 0 Å². The number of rotatable bonds is 3. The van der Waals surface area contributed by atoms with Crippen molar-refractivity contribution in [2.45, 2.75) is 65.0 Å². The number of hydrogen-bond acceptors (Lipinski definition) is 2. The third-order valence-corrected chi connectivity index (χ3v) is 3.21. The van der Waals surface area contributed by atoms with E-state index in [1.54, 1.807) is 0 Å². The van der Waals surface area contributed by atoms with E-state index in [0.29, 0.717) is 6.61 Å². The van der Waals surface area contributed by atoms with Gasteiger partial charge in [-0.15, -0.1) is 0 Å². The van der Waals surface area contributed by atoms with E-state index in [-0.39, 0.29) is 11.1 Å². The van der Waals surface area contributed by atoms with Crippen molar-refractivity contribution in [1.29, 1.82) is 0 Å². The van der Waals surface area contributed by atoms with Crippen molar-refractivity contribution in [3.8, 4) is 0 Å². The Morgan fingerprint density at radius 1 is 1.13 bits per heavy atom. The van der Waals surface area contributed by atoms with Crippen LogP contribution in [0.1, 0.15) is 53.9 Å². The number of allylic oxidation sites excluding steroid dienone is 1. The third-order valence-electron chi connectivity index (χ3n) is 3.21. The van der Waals surface area contributed by atoms with Gasteiger partial charge in [-0.05, 0) is 53.9 Å². The summed E-state index contributed by atoms with van der Waals surface area (Å²) >= 11 is 0. The van der Waals surface area contributed by atoms with Crippen molar-refractivity contribution in [2.75, 3.05) is 6.61 Å². The molecular formula is C13H25NO. The largest absolute Gasteiger partial charge is 0.294 e. The summed E-state index contributed by atoms with van der Waals surface area (Å²) in [6.45, 7) is 11.8. The molecule has 0 aromatic rings. The first-order valence-electron chi connectivity index (χ1n) is 5.94. The van der Waals surface area contributed by atoms with Gasteiger partial charge < -0.3 is 0 Å². The van der Waals surface area contributed by atoms with Gasteiger partial charge in [-0.25, -0.2) is 0 Å². The van der Waals surface area contributed by atoms with Crippen molar-refractivity contribution in [2.24, 2.45) is 0 Å². The predicted molar refractivity (Wildman–Crippen MR) is 64.6 cm³/mol. The van der Waals surface area contributed by atoms with Gasteiger partial charge in [0.05, 0.1) is 6.61 Å². The fourth-order valence-electron chi connectivity index (χ4n) is 2.54. The second kappa shape index (κ2) is 4.67. The van der Waals surface area contributed by atoms with Crippen molar-refractivity contribution < 1.29 is 4.84 Å². The Bertz CT molecular complexity index is 215. The van der Waals surface area contributed by atoms with Gasteiger partial charge in [0.2, 0.25) is 0 Å². The van der Waals surface area contributed by atoms with Crippen molar-refractivity contribution in [3.05, 3.63) is 12.2 Å². The zero-order valence-corrected chi connectivity index (χ0v) is 10.8. The van der Waals surface area contributed by atoms with Crippen LogP contribution in [-0.4, -0.2) is 22.7 Å². The van der Waals surface area contributed by atoms with Gasteiger partial charge in [-0.2, -0.15) is 5.06 Å². The van der Waals surface area contributed by atoms with Gasteiger partial charge in [0.1, 0.15) is 0 Å². The molecule has 0 N–H and O–H groups in total. The summed E-state index contributed by atoms with van der Waals surface area (Å²) in [6, 6.07) is 0. The molecule has 88 valence electrons. The lowest BCUT2D eigenvalue weighted by Gasteiger charge is -2.51. The molecule has 1 rings (SSSR count). The van der Waals surface area contributed by atoms with Crippen LogP contribution < -0.4 is 0 Å². The topological polar surface area (TPSA) is 12.5 Å². The van der Waals surface area contributed by atoms with Crippen LogP contribution in [0.25, 0.3) is 0 Å². The maximum Gasteiger partial charge on any atom is 0.0867 e. The Morgan fingerprint density at radius 3 is 2.13 bits per heavy atom. The Kier molecular flexibility index (Phi) is 3.96. The molecule has 2 heteroatoms. The van der Waals surface area contributed by atoms with Crippen LogP contribution in [0.5, 0.6) is 0 Å². The minimum atomic E-state index is 0.156. The first-order valence-corrected chi connectivity index (χ1v) is 5.94. The standard InChI is InChI=1S/C13H25NO/c1-6-7-11-15-14-12(2,3)9-8-10-13(14,4)5/h6-7H,8-11H2,1-5H3/b7-6+. The number of hydroxylamine groups is 2. The fraction of sp³-hybridized carbons (Fsp3) is 0.846. The molecule has 1 aliphatic rings. The van der Waals surface area contributed by atoms with E-state index < -0.39 is 0 Å². The van der Waals surface area contributed by atoms with E-state index in [9.17, 15) is 0 Å². The smallest absolute Gasteiger partial charge is 0.0867 e. The molecule has 0 bridgehead atoms. The molecule has 0 saturated carbocycles.